The highest BCUT2D eigenvalue weighted by Crippen LogP contribution is 2.24. The molecule has 1 N–H and O–H groups in total. The van der Waals surface area contributed by atoms with Crippen LogP contribution in [0.2, 0.25) is 0 Å². The Morgan fingerprint density at radius 1 is 1.42 bits per heavy atom. The summed E-state index contributed by atoms with van der Waals surface area (Å²) in [5, 5.41) is 10.2. The summed E-state index contributed by atoms with van der Waals surface area (Å²) in [4.78, 5) is 16.1. The quantitative estimate of drug-likeness (QED) is 0.854. The zero-order valence-electron chi connectivity index (χ0n) is 11.4. The van der Waals surface area contributed by atoms with E-state index in [9.17, 15) is 9.90 Å². The summed E-state index contributed by atoms with van der Waals surface area (Å²) in [5.74, 6) is 0.123. The van der Waals surface area contributed by atoms with E-state index in [2.05, 4.69) is 4.98 Å². The van der Waals surface area contributed by atoms with Gasteiger partial charge in [-0.1, -0.05) is 12.1 Å². The van der Waals surface area contributed by atoms with Crippen LogP contribution in [0, 0.1) is 0 Å². The Labute approximate surface area is 111 Å². The van der Waals surface area contributed by atoms with Crippen LogP contribution in [0.15, 0.2) is 24.3 Å². The summed E-state index contributed by atoms with van der Waals surface area (Å²) < 4.78 is 6.66. The van der Waals surface area contributed by atoms with Crippen molar-refractivity contribution in [2.45, 2.75) is 32.9 Å². The maximum absolute atomic E-state index is 11.7. The van der Waals surface area contributed by atoms with E-state index in [1.165, 1.54) is 0 Å². The van der Waals surface area contributed by atoms with Gasteiger partial charge in [-0.3, -0.25) is 4.79 Å². The van der Waals surface area contributed by atoms with Crippen LogP contribution in [0.25, 0.3) is 11.0 Å². The molecule has 0 radical (unpaired) electrons. The van der Waals surface area contributed by atoms with Crippen LogP contribution in [0.3, 0.4) is 0 Å². The average Bonchev–Trinajstić information content (AvgIpc) is 2.69. The minimum atomic E-state index is -1.12. The predicted molar refractivity (Wildman–Crippen MR) is 71.6 cm³/mol. The second-order valence-corrected chi connectivity index (χ2v) is 4.87. The molecule has 19 heavy (non-hydrogen) atoms. The van der Waals surface area contributed by atoms with Gasteiger partial charge in [-0.2, -0.15) is 0 Å². The average molecular weight is 262 g/mol. The lowest BCUT2D eigenvalue weighted by Gasteiger charge is -2.18. The second kappa shape index (κ2) is 5.01. The van der Waals surface area contributed by atoms with Gasteiger partial charge in [-0.25, -0.2) is 4.98 Å². The zero-order valence-corrected chi connectivity index (χ0v) is 11.4. The molecule has 0 aliphatic heterocycles. The zero-order chi connectivity index (χ0) is 14.0. The number of fused-ring (bicyclic) bond motifs is 1. The number of aliphatic hydroxyl groups is 1. The lowest BCUT2D eigenvalue weighted by Crippen LogP contribution is -2.25. The van der Waals surface area contributed by atoms with Gasteiger partial charge in [0.05, 0.1) is 17.6 Å². The Morgan fingerprint density at radius 2 is 2.11 bits per heavy atom. The topological polar surface area (TPSA) is 64.3 Å². The number of esters is 1. The molecule has 0 atom stereocenters. The molecular formula is C14H18N2O3. The van der Waals surface area contributed by atoms with Crippen molar-refractivity contribution in [1.82, 2.24) is 9.55 Å². The Kier molecular flexibility index (Phi) is 3.57. The largest absolute Gasteiger partial charge is 0.465 e. The third-order valence-electron chi connectivity index (χ3n) is 2.79. The molecule has 0 unspecified atom stereocenters. The first-order valence-corrected chi connectivity index (χ1v) is 6.27. The fourth-order valence-corrected chi connectivity index (χ4v) is 2.04. The molecule has 102 valence electrons. The van der Waals surface area contributed by atoms with E-state index in [-0.39, 0.29) is 12.5 Å². The smallest absolute Gasteiger partial charge is 0.326 e. The number of hydrogen-bond acceptors (Lipinski definition) is 4. The highest BCUT2D eigenvalue weighted by Gasteiger charge is 2.25. The molecule has 5 heteroatoms. The second-order valence-electron chi connectivity index (χ2n) is 4.87. The first kappa shape index (κ1) is 13.5. The number of aromatic nitrogens is 2. The van der Waals surface area contributed by atoms with Gasteiger partial charge in [0.2, 0.25) is 0 Å². The Hall–Kier alpha value is -1.88. The van der Waals surface area contributed by atoms with Crippen LogP contribution in [0.4, 0.5) is 0 Å². The molecule has 2 rings (SSSR count). The van der Waals surface area contributed by atoms with Crippen molar-refractivity contribution in [2.24, 2.45) is 0 Å². The normalized spacial score (nSPS) is 11.8. The molecule has 0 bridgehead atoms. The van der Waals surface area contributed by atoms with Crippen molar-refractivity contribution in [2.75, 3.05) is 6.61 Å². The first-order chi connectivity index (χ1) is 8.93. The van der Waals surface area contributed by atoms with Crippen LogP contribution < -0.4 is 0 Å². The number of nitrogens with zero attached hydrogens (tertiary/aromatic N) is 2. The third-order valence-corrected chi connectivity index (χ3v) is 2.79. The van der Waals surface area contributed by atoms with Crippen LogP contribution in [0.5, 0.6) is 0 Å². The van der Waals surface area contributed by atoms with Crippen LogP contribution in [-0.4, -0.2) is 27.2 Å². The summed E-state index contributed by atoms with van der Waals surface area (Å²) >= 11 is 0. The highest BCUT2D eigenvalue weighted by molar-refractivity contribution is 5.79. The van der Waals surface area contributed by atoms with Gasteiger partial charge in [-0.05, 0) is 32.9 Å². The number of ether oxygens (including phenoxy) is 1. The number of para-hydroxylation sites is 2. The van der Waals surface area contributed by atoms with Crippen LogP contribution >= 0.6 is 0 Å². The number of hydrogen-bond donors (Lipinski definition) is 1. The van der Waals surface area contributed by atoms with Gasteiger partial charge in [-0.15, -0.1) is 0 Å². The maximum atomic E-state index is 11.7. The fourth-order valence-electron chi connectivity index (χ4n) is 2.04. The number of carbonyl (C=O) groups excluding carboxylic acids is 1. The molecule has 1 aromatic heterocycles. The molecule has 0 aliphatic rings. The monoisotopic (exact) mass is 262 g/mol. The van der Waals surface area contributed by atoms with Gasteiger partial charge in [0, 0.05) is 0 Å². The lowest BCUT2D eigenvalue weighted by molar-refractivity contribution is -0.143. The molecule has 0 saturated carbocycles. The summed E-state index contributed by atoms with van der Waals surface area (Å²) in [6, 6.07) is 7.47. The number of carbonyl (C=O) groups is 1. The molecule has 1 aromatic carbocycles. The van der Waals surface area contributed by atoms with Crippen molar-refractivity contribution >= 4 is 17.0 Å². The van der Waals surface area contributed by atoms with Gasteiger partial charge < -0.3 is 14.4 Å². The molecule has 0 saturated heterocycles. The summed E-state index contributed by atoms with van der Waals surface area (Å²) in [6.45, 7) is 5.45. The standard InChI is InChI=1S/C14H18N2O3/c1-4-19-12(17)9-16-11-8-6-5-7-10(11)15-13(16)14(2,3)18/h5-8,18H,4,9H2,1-3H3. The summed E-state index contributed by atoms with van der Waals surface area (Å²) in [5.41, 5.74) is 0.447. The van der Waals surface area contributed by atoms with E-state index >= 15 is 0 Å². The summed E-state index contributed by atoms with van der Waals surface area (Å²) in [7, 11) is 0. The van der Waals surface area contributed by atoms with E-state index in [1.54, 1.807) is 25.3 Å². The molecule has 0 aliphatic carbocycles. The van der Waals surface area contributed by atoms with E-state index in [0.29, 0.717) is 12.4 Å². The SMILES string of the molecule is CCOC(=O)Cn1c(C(C)(C)O)nc2ccccc21. The van der Waals surface area contributed by atoms with Gasteiger partial charge in [0.25, 0.3) is 0 Å². The Bertz CT molecular complexity index is 596. The number of benzene rings is 1. The molecule has 0 amide bonds. The molecule has 5 nitrogen and oxygen atoms in total. The maximum Gasteiger partial charge on any atom is 0.326 e. The van der Waals surface area contributed by atoms with E-state index < -0.39 is 5.60 Å². The van der Waals surface area contributed by atoms with E-state index in [1.807, 2.05) is 24.3 Å². The minimum Gasteiger partial charge on any atom is -0.465 e. The van der Waals surface area contributed by atoms with Crippen LogP contribution in [-0.2, 0) is 21.7 Å². The van der Waals surface area contributed by atoms with Gasteiger partial charge >= 0.3 is 5.97 Å². The minimum absolute atomic E-state index is 0.0493. The summed E-state index contributed by atoms with van der Waals surface area (Å²) in [6.07, 6.45) is 0. The Balaban J connectivity index is 2.52. The first-order valence-electron chi connectivity index (χ1n) is 6.27. The van der Waals surface area contributed by atoms with E-state index in [4.69, 9.17) is 4.74 Å². The highest BCUT2D eigenvalue weighted by atomic mass is 16.5. The van der Waals surface area contributed by atoms with Crippen molar-refractivity contribution in [3.63, 3.8) is 0 Å². The van der Waals surface area contributed by atoms with Gasteiger partial charge in [0.15, 0.2) is 0 Å². The van der Waals surface area contributed by atoms with Crippen molar-refractivity contribution in [3.8, 4) is 0 Å². The predicted octanol–water partition coefficient (Wildman–Crippen LogP) is 1.83. The lowest BCUT2D eigenvalue weighted by atomic mass is 10.1. The van der Waals surface area contributed by atoms with Crippen molar-refractivity contribution < 1.29 is 14.6 Å². The Morgan fingerprint density at radius 3 is 2.74 bits per heavy atom. The number of rotatable bonds is 4. The molecule has 0 fully saturated rings. The van der Waals surface area contributed by atoms with Gasteiger partial charge in [0.1, 0.15) is 18.0 Å². The fraction of sp³-hybridized carbons (Fsp3) is 0.429. The molecule has 0 spiro atoms. The number of imidazole rings is 1. The molecular weight excluding hydrogens is 244 g/mol. The molecule has 2 aromatic rings. The van der Waals surface area contributed by atoms with Crippen molar-refractivity contribution in [1.29, 1.82) is 0 Å². The third kappa shape index (κ3) is 2.76. The van der Waals surface area contributed by atoms with E-state index in [0.717, 1.165) is 11.0 Å². The van der Waals surface area contributed by atoms with Crippen molar-refractivity contribution in [3.05, 3.63) is 30.1 Å². The van der Waals surface area contributed by atoms with Crippen LogP contribution in [0.1, 0.15) is 26.6 Å². The molecule has 1 heterocycles.